The van der Waals surface area contributed by atoms with Crippen molar-refractivity contribution in [3.05, 3.63) is 64.1 Å². The van der Waals surface area contributed by atoms with Crippen molar-refractivity contribution in [1.82, 2.24) is 19.7 Å². The lowest BCUT2D eigenvalue weighted by Gasteiger charge is -2.44. The SMILES string of the molecule is CC1CN(c2cc(F)c(-c3cnn(C)c3)cc2NC(=O)c2c[nH]c(=O)cc2C(F)(F)F)CC(C)N1C. The minimum Gasteiger partial charge on any atom is -0.367 e. The summed E-state index contributed by atoms with van der Waals surface area (Å²) in [5.74, 6) is -1.64. The van der Waals surface area contributed by atoms with Crippen molar-refractivity contribution in [2.75, 3.05) is 30.4 Å². The Balaban J connectivity index is 1.80. The second kappa shape index (κ2) is 9.41. The van der Waals surface area contributed by atoms with Gasteiger partial charge in [-0.25, -0.2) is 4.39 Å². The summed E-state index contributed by atoms with van der Waals surface area (Å²) < 4.78 is 57.5. The van der Waals surface area contributed by atoms with Gasteiger partial charge in [0.05, 0.1) is 28.7 Å². The summed E-state index contributed by atoms with van der Waals surface area (Å²) in [5, 5.41) is 6.58. The molecule has 0 aliphatic carbocycles. The normalized spacial score (nSPS) is 18.9. The van der Waals surface area contributed by atoms with E-state index in [0.29, 0.717) is 30.4 Å². The molecular formula is C24H26F4N6O2. The summed E-state index contributed by atoms with van der Waals surface area (Å²) >= 11 is 0. The molecule has 8 nitrogen and oxygen atoms in total. The Morgan fingerprint density at radius 3 is 2.39 bits per heavy atom. The van der Waals surface area contributed by atoms with Gasteiger partial charge in [0.2, 0.25) is 5.56 Å². The number of alkyl halides is 3. The number of hydrogen-bond acceptors (Lipinski definition) is 5. The van der Waals surface area contributed by atoms with Crippen LogP contribution in [0.4, 0.5) is 28.9 Å². The number of hydrogen-bond donors (Lipinski definition) is 2. The van der Waals surface area contributed by atoms with Gasteiger partial charge in [-0.3, -0.25) is 19.2 Å². The molecule has 2 atom stereocenters. The number of piperazine rings is 1. The highest BCUT2D eigenvalue weighted by Crippen LogP contribution is 2.37. The van der Waals surface area contributed by atoms with Gasteiger partial charge >= 0.3 is 6.18 Å². The zero-order valence-electron chi connectivity index (χ0n) is 20.2. The van der Waals surface area contributed by atoms with Crippen molar-refractivity contribution < 1.29 is 22.4 Å². The van der Waals surface area contributed by atoms with E-state index in [9.17, 15) is 22.8 Å². The van der Waals surface area contributed by atoms with E-state index in [1.165, 1.54) is 23.0 Å². The molecule has 1 aromatic carbocycles. The average Bonchev–Trinajstić information content (AvgIpc) is 3.23. The van der Waals surface area contributed by atoms with Crippen LogP contribution in [0.1, 0.15) is 29.8 Å². The largest absolute Gasteiger partial charge is 0.417 e. The van der Waals surface area contributed by atoms with Gasteiger partial charge in [0.25, 0.3) is 5.91 Å². The molecule has 1 saturated heterocycles. The maximum Gasteiger partial charge on any atom is 0.417 e. The number of aromatic nitrogens is 3. The highest BCUT2D eigenvalue weighted by molar-refractivity contribution is 6.07. The number of anilines is 2. The van der Waals surface area contributed by atoms with E-state index in [4.69, 9.17) is 0 Å². The second-order valence-corrected chi connectivity index (χ2v) is 9.10. The lowest BCUT2D eigenvalue weighted by atomic mass is 10.0. The molecule has 3 aromatic rings. The molecule has 0 radical (unpaired) electrons. The highest BCUT2D eigenvalue weighted by Gasteiger charge is 2.36. The molecule has 3 heterocycles. The first-order valence-corrected chi connectivity index (χ1v) is 11.3. The van der Waals surface area contributed by atoms with Crippen LogP contribution in [-0.4, -0.2) is 57.8 Å². The van der Waals surface area contributed by atoms with Crippen molar-refractivity contribution in [2.45, 2.75) is 32.1 Å². The first-order chi connectivity index (χ1) is 16.8. The third kappa shape index (κ3) is 4.99. The molecule has 0 spiro atoms. The molecule has 2 aromatic heterocycles. The molecule has 1 aliphatic heterocycles. The van der Waals surface area contributed by atoms with Crippen molar-refractivity contribution in [3.8, 4) is 11.1 Å². The van der Waals surface area contributed by atoms with Crippen LogP contribution in [-0.2, 0) is 13.2 Å². The zero-order chi connectivity index (χ0) is 26.4. The van der Waals surface area contributed by atoms with Gasteiger partial charge < -0.3 is 15.2 Å². The Morgan fingerprint density at radius 1 is 1.14 bits per heavy atom. The summed E-state index contributed by atoms with van der Waals surface area (Å²) in [6, 6.07) is 3.22. The zero-order valence-corrected chi connectivity index (χ0v) is 20.2. The number of rotatable bonds is 4. The molecule has 1 aliphatic rings. The van der Waals surface area contributed by atoms with Gasteiger partial charge in [-0.05, 0) is 33.0 Å². The fourth-order valence-corrected chi connectivity index (χ4v) is 4.39. The Hall–Kier alpha value is -3.67. The van der Waals surface area contributed by atoms with E-state index in [0.717, 1.165) is 6.20 Å². The van der Waals surface area contributed by atoms with Crippen molar-refractivity contribution >= 4 is 17.3 Å². The number of likely N-dealkylation sites (N-methyl/N-ethyl adjacent to an activating group) is 1. The van der Waals surface area contributed by atoms with E-state index in [1.807, 2.05) is 25.8 Å². The minimum absolute atomic E-state index is 0.106. The van der Waals surface area contributed by atoms with E-state index >= 15 is 4.39 Å². The van der Waals surface area contributed by atoms with E-state index < -0.39 is 34.6 Å². The van der Waals surface area contributed by atoms with Gasteiger partial charge in [-0.15, -0.1) is 0 Å². The van der Waals surface area contributed by atoms with Crippen LogP contribution in [0.5, 0.6) is 0 Å². The lowest BCUT2D eigenvalue weighted by Crippen LogP contribution is -2.55. The Bertz CT molecular complexity index is 1340. The van der Waals surface area contributed by atoms with Crippen LogP contribution in [0.2, 0.25) is 0 Å². The third-order valence-corrected chi connectivity index (χ3v) is 6.52. The predicted octanol–water partition coefficient (Wildman–Crippen LogP) is 3.71. The van der Waals surface area contributed by atoms with Crippen LogP contribution in [0.3, 0.4) is 0 Å². The molecule has 0 bridgehead atoms. The van der Waals surface area contributed by atoms with E-state index in [1.54, 1.807) is 13.2 Å². The number of nitrogens with zero attached hydrogens (tertiary/aromatic N) is 4. The van der Waals surface area contributed by atoms with E-state index in [2.05, 4.69) is 20.3 Å². The van der Waals surface area contributed by atoms with Gasteiger partial charge in [0.1, 0.15) is 5.82 Å². The molecule has 2 unspecified atom stereocenters. The summed E-state index contributed by atoms with van der Waals surface area (Å²) in [4.78, 5) is 30.8. The number of amides is 1. The smallest absolute Gasteiger partial charge is 0.367 e. The van der Waals surface area contributed by atoms with E-state index in [-0.39, 0.29) is 23.3 Å². The molecule has 1 amide bonds. The molecule has 12 heteroatoms. The topological polar surface area (TPSA) is 86.3 Å². The van der Waals surface area contributed by atoms with Gasteiger partial charge in [0, 0.05) is 61.8 Å². The van der Waals surface area contributed by atoms with Crippen LogP contribution in [0.25, 0.3) is 11.1 Å². The molecule has 1 fully saturated rings. The molecule has 4 rings (SSSR count). The number of carbonyl (C=O) groups excluding carboxylic acids is 1. The Kier molecular flexibility index (Phi) is 6.65. The molecule has 0 saturated carbocycles. The number of H-pyrrole nitrogens is 1. The fourth-order valence-electron chi connectivity index (χ4n) is 4.39. The first-order valence-electron chi connectivity index (χ1n) is 11.3. The number of aromatic amines is 1. The molecular weight excluding hydrogens is 480 g/mol. The van der Waals surface area contributed by atoms with Gasteiger partial charge in [-0.1, -0.05) is 0 Å². The standard InChI is InChI=1S/C24H26F4N6O2/c1-13-10-34(11-14(2)33(13)4)21-7-19(25)16(15-8-30-32(3)12-15)5-20(21)31-23(36)17-9-29-22(35)6-18(17)24(26,27)28/h5-9,12-14H,10-11H2,1-4H3,(H,29,35)(H,31,36). The van der Waals surface area contributed by atoms with Crippen molar-refractivity contribution in [1.29, 1.82) is 0 Å². The lowest BCUT2D eigenvalue weighted by molar-refractivity contribution is -0.138. The highest BCUT2D eigenvalue weighted by atomic mass is 19.4. The minimum atomic E-state index is -4.92. The van der Waals surface area contributed by atoms with Crippen LogP contribution in [0.15, 0.2) is 41.6 Å². The van der Waals surface area contributed by atoms with Crippen molar-refractivity contribution in [3.63, 3.8) is 0 Å². The summed E-state index contributed by atoms with van der Waals surface area (Å²) in [6.45, 7) is 5.05. The summed E-state index contributed by atoms with van der Waals surface area (Å²) in [6.07, 6.45) is -1.15. The molecule has 192 valence electrons. The number of halogens is 4. The quantitative estimate of drug-likeness (QED) is 0.527. The summed E-state index contributed by atoms with van der Waals surface area (Å²) in [7, 11) is 3.65. The number of nitrogens with one attached hydrogen (secondary N) is 2. The summed E-state index contributed by atoms with van der Waals surface area (Å²) in [5.41, 5.74) is -2.03. The Morgan fingerprint density at radius 2 is 1.81 bits per heavy atom. The molecule has 36 heavy (non-hydrogen) atoms. The monoisotopic (exact) mass is 506 g/mol. The van der Waals surface area contributed by atoms with Gasteiger partial charge in [0.15, 0.2) is 0 Å². The average molecular weight is 507 g/mol. The predicted molar refractivity (Wildman–Crippen MR) is 128 cm³/mol. The fraction of sp³-hybridized carbons (Fsp3) is 0.375. The first kappa shape index (κ1) is 25.4. The van der Waals surface area contributed by atoms with Crippen LogP contribution >= 0.6 is 0 Å². The van der Waals surface area contributed by atoms with Crippen LogP contribution in [0, 0.1) is 5.82 Å². The Labute approximate surface area is 204 Å². The van der Waals surface area contributed by atoms with Crippen molar-refractivity contribution in [2.24, 2.45) is 7.05 Å². The third-order valence-electron chi connectivity index (χ3n) is 6.52. The maximum atomic E-state index is 15.3. The number of pyridine rings is 1. The number of aryl methyl sites for hydroxylation is 1. The van der Waals surface area contributed by atoms with Gasteiger partial charge in [-0.2, -0.15) is 18.3 Å². The molecule has 2 N–H and O–H groups in total. The maximum absolute atomic E-state index is 15.3. The number of carbonyl (C=O) groups is 1. The second-order valence-electron chi connectivity index (χ2n) is 9.10. The number of benzene rings is 1. The van der Waals surface area contributed by atoms with Crippen LogP contribution < -0.4 is 15.8 Å².